The molecule has 0 spiro atoms. The van der Waals surface area contributed by atoms with E-state index < -0.39 is 0 Å². The first-order valence-electron chi connectivity index (χ1n) is 3.20. The molecule has 59 valence electrons. The van der Waals surface area contributed by atoms with Crippen LogP contribution in [-0.2, 0) is 16.0 Å². The van der Waals surface area contributed by atoms with Gasteiger partial charge in [-0.2, -0.15) is 0 Å². The molecule has 11 heavy (non-hydrogen) atoms. The Morgan fingerprint density at radius 1 is 1.55 bits per heavy atom. The van der Waals surface area contributed by atoms with Crippen LogP contribution in [0.1, 0.15) is 6.42 Å². The number of hydrogen-bond acceptors (Lipinski definition) is 2. The molecule has 1 aromatic rings. The van der Waals surface area contributed by atoms with E-state index in [2.05, 4.69) is 37.5 Å². The molecule has 0 aromatic carbocycles. The summed E-state index contributed by atoms with van der Waals surface area (Å²) < 4.78 is 1.22. The number of rotatable bonds is 0. The Labute approximate surface area is 73.4 Å². The molecule has 0 amide bonds. The van der Waals surface area contributed by atoms with Crippen molar-refractivity contribution in [3.63, 3.8) is 0 Å². The summed E-state index contributed by atoms with van der Waals surface area (Å²) in [6.45, 7) is 0. The average molecular weight is 190 g/mol. The third-order valence-corrected chi connectivity index (χ3v) is 1.46. The summed E-state index contributed by atoms with van der Waals surface area (Å²) >= 11 is 3.74. The van der Waals surface area contributed by atoms with Crippen molar-refractivity contribution in [1.29, 1.82) is 0 Å². The predicted octanol–water partition coefficient (Wildman–Crippen LogP) is 1.18. The van der Waals surface area contributed by atoms with E-state index in [-0.39, 0.29) is 0 Å². The van der Waals surface area contributed by atoms with Gasteiger partial charge in [-0.15, -0.1) is 5.10 Å². The molecule has 0 bridgehead atoms. The topological polar surface area (TPSA) is 41.6 Å². The number of allylic oxidation sites excluding steroid dienone is 4. The smallest absolute Gasteiger partial charge is 0.0690 e. The van der Waals surface area contributed by atoms with Crippen molar-refractivity contribution in [2.24, 2.45) is 0 Å². The standard InChI is InChI=1S/C5H5.C2H3N3.Fe/c2*1-2-4-5-3-1;/h1-3H,4H2;1-2H,(H,3,4,5);. The summed E-state index contributed by atoms with van der Waals surface area (Å²) in [5.74, 6) is 0. The van der Waals surface area contributed by atoms with Gasteiger partial charge in [0.15, 0.2) is 0 Å². The molecule has 4 heteroatoms. The Morgan fingerprint density at radius 2 is 2.45 bits per heavy atom. The Balaban J connectivity index is 0.000000112. The van der Waals surface area contributed by atoms with Crippen LogP contribution in [0.15, 0.2) is 35.1 Å². The van der Waals surface area contributed by atoms with Crippen LogP contribution in [0, 0.1) is 0 Å². The number of hydrogen-bond donors (Lipinski definition) is 1. The van der Waals surface area contributed by atoms with Gasteiger partial charge in [0.1, 0.15) is 0 Å². The normalized spacial score (nSPS) is 13.7. The van der Waals surface area contributed by atoms with E-state index >= 15 is 0 Å². The van der Waals surface area contributed by atoms with E-state index in [4.69, 9.17) is 0 Å². The zero-order chi connectivity index (χ0) is 7.94. The number of aromatic nitrogens is 3. The predicted molar refractivity (Wildman–Crippen MR) is 38.2 cm³/mol. The molecule has 0 unspecified atom stereocenters. The molecule has 1 aliphatic carbocycles. The second-order valence-corrected chi connectivity index (χ2v) is 2.60. The summed E-state index contributed by atoms with van der Waals surface area (Å²) in [4.78, 5) is 0. The number of aromatic amines is 1. The minimum atomic E-state index is 1.06. The molecule has 0 saturated carbocycles. The van der Waals surface area contributed by atoms with Gasteiger partial charge in [-0.3, -0.25) is 5.10 Å². The van der Waals surface area contributed by atoms with Crippen LogP contribution in [0.25, 0.3) is 0 Å². The van der Waals surface area contributed by atoms with Crippen molar-refractivity contribution >= 4 is 0 Å². The summed E-state index contributed by atoms with van der Waals surface area (Å²) in [6, 6.07) is 0. The van der Waals surface area contributed by atoms with Crippen LogP contribution < -0.4 is 0 Å². The first-order valence-corrected chi connectivity index (χ1v) is 3.75. The fourth-order valence-electron chi connectivity index (χ4n) is 0.583. The number of nitrogens with zero attached hydrogens (tertiary/aromatic N) is 2. The van der Waals surface area contributed by atoms with Crippen LogP contribution in [0.2, 0.25) is 0 Å². The molecule has 0 fully saturated rings. The molecular formula is C7H8FeN3. The Kier molecular flexibility index (Phi) is 3.65. The van der Waals surface area contributed by atoms with Gasteiger partial charge in [0, 0.05) is 6.20 Å². The molecule has 1 heterocycles. The quantitative estimate of drug-likeness (QED) is 0.624. The van der Waals surface area contributed by atoms with E-state index in [0.717, 1.165) is 6.42 Å². The molecule has 2 rings (SSSR count). The van der Waals surface area contributed by atoms with Crippen LogP contribution in [0.3, 0.4) is 0 Å². The molecule has 1 aromatic heterocycles. The van der Waals surface area contributed by atoms with Gasteiger partial charge < -0.3 is 0 Å². The summed E-state index contributed by atoms with van der Waals surface area (Å²) in [6.07, 6.45) is 10.4. The van der Waals surface area contributed by atoms with Gasteiger partial charge in [-0.1, -0.05) is 5.21 Å². The van der Waals surface area contributed by atoms with Crippen LogP contribution in [-0.4, -0.2) is 15.4 Å². The molecule has 1 N–H and O–H groups in total. The van der Waals surface area contributed by atoms with Crippen LogP contribution in [0.5, 0.6) is 0 Å². The van der Waals surface area contributed by atoms with Gasteiger partial charge in [-0.05, 0) is 0 Å². The van der Waals surface area contributed by atoms with E-state index in [9.17, 15) is 0 Å². The maximum Gasteiger partial charge on any atom is 0.0690 e. The molecule has 1 aliphatic rings. The van der Waals surface area contributed by atoms with Crippen molar-refractivity contribution in [3.05, 3.63) is 35.1 Å². The Hall–Kier alpha value is -0.861. The van der Waals surface area contributed by atoms with Gasteiger partial charge in [0.05, 0.1) is 6.20 Å². The SMILES string of the molecule is [Fe][C]1=CC=CC1.c1c[nH]nn1. The fraction of sp³-hybridized carbons (Fsp3) is 0.143. The van der Waals surface area contributed by atoms with Crippen molar-refractivity contribution in [1.82, 2.24) is 15.4 Å². The maximum absolute atomic E-state index is 3.74. The van der Waals surface area contributed by atoms with Gasteiger partial charge in [0.25, 0.3) is 0 Å². The van der Waals surface area contributed by atoms with Crippen LogP contribution >= 0.6 is 0 Å². The van der Waals surface area contributed by atoms with E-state index in [0.29, 0.717) is 0 Å². The van der Waals surface area contributed by atoms with Gasteiger partial charge >= 0.3 is 45.1 Å². The fourth-order valence-corrected chi connectivity index (χ4v) is 0.819. The van der Waals surface area contributed by atoms with Gasteiger partial charge in [-0.25, -0.2) is 0 Å². The summed E-state index contributed by atoms with van der Waals surface area (Å²) in [7, 11) is 0. The van der Waals surface area contributed by atoms with E-state index in [1.165, 1.54) is 4.47 Å². The molecular weight excluding hydrogens is 182 g/mol. The van der Waals surface area contributed by atoms with E-state index in [1.54, 1.807) is 12.4 Å². The second kappa shape index (κ2) is 4.88. The Morgan fingerprint density at radius 3 is 2.64 bits per heavy atom. The number of nitrogens with one attached hydrogen (secondary N) is 1. The molecule has 3 nitrogen and oxygen atoms in total. The third kappa shape index (κ3) is 3.75. The van der Waals surface area contributed by atoms with Crippen molar-refractivity contribution in [3.8, 4) is 0 Å². The van der Waals surface area contributed by atoms with Gasteiger partial charge in [0.2, 0.25) is 0 Å². The van der Waals surface area contributed by atoms with Crippen molar-refractivity contribution < 1.29 is 16.0 Å². The Bertz CT molecular complexity index is 221. The van der Waals surface area contributed by atoms with E-state index in [1.807, 2.05) is 12.2 Å². The van der Waals surface area contributed by atoms with Crippen molar-refractivity contribution in [2.45, 2.75) is 6.42 Å². The van der Waals surface area contributed by atoms with Crippen LogP contribution in [0.4, 0.5) is 0 Å². The zero-order valence-corrected chi connectivity index (χ0v) is 6.95. The molecule has 0 saturated heterocycles. The summed E-state index contributed by atoms with van der Waals surface area (Å²) in [5.41, 5.74) is 0. The third-order valence-electron chi connectivity index (χ3n) is 1.05. The monoisotopic (exact) mass is 190 g/mol. The summed E-state index contributed by atoms with van der Waals surface area (Å²) in [5, 5.41) is 9.26. The first kappa shape index (κ1) is 8.24. The first-order chi connectivity index (χ1) is 5.39. The van der Waals surface area contributed by atoms with Crippen molar-refractivity contribution in [2.75, 3.05) is 0 Å². The average Bonchev–Trinajstić information content (AvgIpc) is 2.57. The molecule has 0 radical (unpaired) electrons. The molecule has 0 atom stereocenters. The zero-order valence-electron chi connectivity index (χ0n) is 5.84. The minimum absolute atomic E-state index is 1.06. The number of H-pyrrole nitrogens is 1. The second-order valence-electron chi connectivity index (χ2n) is 1.89. The molecule has 0 aliphatic heterocycles. The largest absolute Gasteiger partial charge is 0.266 e. The minimum Gasteiger partial charge on any atom is -0.266 e. The maximum atomic E-state index is 3.74.